The molecule has 2 heteroatoms. The highest BCUT2D eigenvalue weighted by atomic mass is 15.2. The third-order valence-electron chi connectivity index (χ3n) is 3.86. The SMILES string of the molecule is CCC(NC(C)CN1CCCC1)C1CC1. The summed E-state index contributed by atoms with van der Waals surface area (Å²) in [6, 6.07) is 1.47. The van der Waals surface area contributed by atoms with Gasteiger partial charge >= 0.3 is 0 Å². The second-order valence-electron chi connectivity index (χ2n) is 5.43. The molecule has 1 aliphatic heterocycles. The summed E-state index contributed by atoms with van der Waals surface area (Å²) < 4.78 is 0. The van der Waals surface area contributed by atoms with Crippen LogP contribution >= 0.6 is 0 Å². The lowest BCUT2D eigenvalue weighted by atomic mass is 10.1. The number of rotatable bonds is 6. The standard InChI is InChI=1S/C13H26N2/c1-3-13(12-6-7-12)14-11(2)10-15-8-4-5-9-15/h11-14H,3-10H2,1-2H3. The molecule has 0 spiro atoms. The molecule has 0 amide bonds. The average molecular weight is 210 g/mol. The van der Waals surface area contributed by atoms with Crippen LogP contribution in [0.25, 0.3) is 0 Å². The van der Waals surface area contributed by atoms with Gasteiger partial charge in [0.15, 0.2) is 0 Å². The first-order valence-electron chi connectivity index (χ1n) is 6.78. The molecule has 2 unspecified atom stereocenters. The van der Waals surface area contributed by atoms with Gasteiger partial charge in [-0.2, -0.15) is 0 Å². The van der Waals surface area contributed by atoms with Gasteiger partial charge in [0.1, 0.15) is 0 Å². The van der Waals surface area contributed by atoms with E-state index in [4.69, 9.17) is 0 Å². The number of nitrogens with zero attached hydrogens (tertiary/aromatic N) is 1. The summed E-state index contributed by atoms with van der Waals surface area (Å²) in [7, 11) is 0. The van der Waals surface area contributed by atoms with Crippen LogP contribution in [0.2, 0.25) is 0 Å². The van der Waals surface area contributed by atoms with Gasteiger partial charge in [0.05, 0.1) is 0 Å². The fourth-order valence-electron chi connectivity index (χ4n) is 2.86. The lowest BCUT2D eigenvalue weighted by Crippen LogP contribution is -2.43. The van der Waals surface area contributed by atoms with E-state index in [0.717, 1.165) is 12.0 Å². The van der Waals surface area contributed by atoms with Gasteiger partial charge in [-0.25, -0.2) is 0 Å². The van der Waals surface area contributed by atoms with Crippen molar-refractivity contribution in [1.82, 2.24) is 10.2 Å². The van der Waals surface area contributed by atoms with E-state index in [2.05, 4.69) is 24.1 Å². The van der Waals surface area contributed by atoms with Crippen molar-refractivity contribution < 1.29 is 0 Å². The zero-order valence-corrected chi connectivity index (χ0v) is 10.3. The summed E-state index contributed by atoms with van der Waals surface area (Å²) in [4.78, 5) is 2.61. The van der Waals surface area contributed by atoms with E-state index < -0.39 is 0 Å². The molecule has 0 aromatic rings. The molecule has 0 aromatic carbocycles. The van der Waals surface area contributed by atoms with Crippen LogP contribution in [0, 0.1) is 5.92 Å². The minimum atomic E-state index is 0.675. The largest absolute Gasteiger partial charge is 0.310 e. The number of hydrogen-bond acceptors (Lipinski definition) is 2. The molecular weight excluding hydrogens is 184 g/mol. The molecule has 2 rings (SSSR count). The molecule has 1 heterocycles. The zero-order chi connectivity index (χ0) is 10.7. The smallest absolute Gasteiger partial charge is 0.0169 e. The van der Waals surface area contributed by atoms with Gasteiger partial charge in [0.2, 0.25) is 0 Å². The van der Waals surface area contributed by atoms with Crippen molar-refractivity contribution in [1.29, 1.82) is 0 Å². The average Bonchev–Trinajstić information content (AvgIpc) is 2.95. The second-order valence-corrected chi connectivity index (χ2v) is 5.43. The third kappa shape index (κ3) is 3.46. The van der Waals surface area contributed by atoms with Crippen LogP contribution in [0.4, 0.5) is 0 Å². The van der Waals surface area contributed by atoms with E-state index in [9.17, 15) is 0 Å². The van der Waals surface area contributed by atoms with Crippen molar-refractivity contribution in [2.75, 3.05) is 19.6 Å². The Bertz CT molecular complexity index is 183. The first-order valence-corrected chi connectivity index (χ1v) is 6.78. The predicted molar refractivity (Wildman–Crippen MR) is 65.1 cm³/mol. The second kappa shape index (κ2) is 5.31. The van der Waals surface area contributed by atoms with E-state index in [1.54, 1.807) is 0 Å². The number of likely N-dealkylation sites (tertiary alicyclic amines) is 1. The van der Waals surface area contributed by atoms with Crippen LogP contribution in [0.3, 0.4) is 0 Å². The molecule has 15 heavy (non-hydrogen) atoms. The van der Waals surface area contributed by atoms with Crippen LogP contribution < -0.4 is 5.32 Å². The quantitative estimate of drug-likeness (QED) is 0.723. The summed E-state index contributed by atoms with van der Waals surface area (Å²) >= 11 is 0. The van der Waals surface area contributed by atoms with E-state index in [1.165, 1.54) is 51.7 Å². The molecule has 0 radical (unpaired) electrons. The van der Waals surface area contributed by atoms with Gasteiger partial charge in [0.25, 0.3) is 0 Å². The maximum atomic E-state index is 3.81. The molecule has 0 bridgehead atoms. The van der Waals surface area contributed by atoms with Crippen molar-refractivity contribution >= 4 is 0 Å². The normalized spacial score (nSPS) is 26.8. The van der Waals surface area contributed by atoms with Gasteiger partial charge in [-0.15, -0.1) is 0 Å². The van der Waals surface area contributed by atoms with Crippen LogP contribution in [-0.4, -0.2) is 36.6 Å². The van der Waals surface area contributed by atoms with Gasteiger partial charge in [-0.05, 0) is 58.0 Å². The zero-order valence-electron chi connectivity index (χ0n) is 10.3. The fraction of sp³-hybridized carbons (Fsp3) is 1.00. The maximum Gasteiger partial charge on any atom is 0.0169 e. The molecule has 1 aliphatic carbocycles. The van der Waals surface area contributed by atoms with Crippen LogP contribution in [0.1, 0.15) is 46.0 Å². The highest BCUT2D eigenvalue weighted by Crippen LogP contribution is 2.34. The minimum Gasteiger partial charge on any atom is -0.310 e. The first kappa shape index (κ1) is 11.4. The topological polar surface area (TPSA) is 15.3 Å². The van der Waals surface area contributed by atoms with E-state index >= 15 is 0 Å². The fourth-order valence-corrected chi connectivity index (χ4v) is 2.86. The number of hydrogen-bond donors (Lipinski definition) is 1. The lowest BCUT2D eigenvalue weighted by molar-refractivity contribution is 0.277. The molecule has 1 N–H and O–H groups in total. The van der Waals surface area contributed by atoms with Crippen molar-refractivity contribution in [3.8, 4) is 0 Å². The lowest BCUT2D eigenvalue weighted by Gasteiger charge is -2.26. The van der Waals surface area contributed by atoms with E-state index in [-0.39, 0.29) is 0 Å². The Morgan fingerprint density at radius 1 is 1.27 bits per heavy atom. The third-order valence-corrected chi connectivity index (χ3v) is 3.86. The molecule has 2 fully saturated rings. The van der Waals surface area contributed by atoms with Gasteiger partial charge < -0.3 is 10.2 Å². The number of nitrogens with one attached hydrogen (secondary N) is 1. The summed E-state index contributed by atoms with van der Waals surface area (Å²) in [6.07, 6.45) is 7.04. The Morgan fingerprint density at radius 3 is 2.47 bits per heavy atom. The molecule has 0 aromatic heterocycles. The molecule has 1 saturated heterocycles. The molecule has 2 aliphatic rings. The Labute approximate surface area is 94.4 Å². The Balaban J connectivity index is 1.67. The summed E-state index contributed by atoms with van der Waals surface area (Å²) in [5.74, 6) is 0.996. The highest BCUT2D eigenvalue weighted by Gasteiger charge is 2.30. The summed E-state index contributed by atoms with van der Waals surface area (Å²) in [5, 5.41) is 3.81. The van der Waals surface area contributed by atoms with Gasteiger partial charge in [-0.1, -0.05) is 6.92 Å². The summed E-state index contributed by atoms with van der Waals surface area (Å²) in [5.41, 5.74) is 0. The van der Waals surface area contributed by atoms with Crippen molar-refractivity contribution in [2.45, 2.75) is 58.0 Å². The maximum absolute atomic E-state index is 3.81. The Hall–Kier alpha value is -0.0800. The summed E-state index contributed by atoms with van der Waals surface area (Å²) in [6.45, 7) is 8.57. The molecule has 88 valence electrons. The minimum absolute atomic E-state index is 0.675. The van der Waals surface area contributed by atoms with Crippen LogP contribution in [0.15, 0.2) is 0 Å². The van der Waals surface area contributed by atoms with Crippen LogP contribution in [0.5, 0.6) is 0 Å². The molecular formula is C13H26N2. The van der Waals surface area contributed by atoms with Crippen LogP contribution in [-0.2, 0) is 0 Å². The van der Waals surface area contributed by atoms with E-state index in [0.29, 0.717) is 6.04 Å². The van der Waals surface area contributed by atoms with Crippen molar-refractivity contribution in [2.24, 2.45) is 5.92 Å². The van der Waals surface area contributed by atoms with Crippen molar-refractivity contribution in [3.05, 3.63) is 0 Å². The molecule has 2 nitrogen and oxygen atoms in total. The monoisotopic (exact) mass is 210 g/mol. The molecule has 1 saturated carbocycles. The van der Waals surface area contributed by atoms with Crippen molar-refractivity contribution in [3.63, 3.8) is 0 Å². The Kier molecular flexibility index (Phi) is 4.04. The Morgan fingerprint density at radius 2 is 1.93 bits per heavy atom. The predicted octanol–water partition coefficient (Wildman–Crippen LogP) is 2.25. The molecule has 2 atom stereocenters. The van der Waals surface area contributed by atoms with E-state index in [1.807, 2.05) is 0 Å². The van der Waals surface area contributed by atoms with Gasteiger partial charge in [0, 0.05) is 18.6 Å². The van der Waals surface area contributed by atoms with Gasteiger partial charge in [-0.3, -0.25) is 0 Å². The first-order chi connectivity index (χ1) is 7.29. The highest BCUT2D eigenvalue weighted by molar-refractivity contribution is 4.87.